The number of nitrogens with zero attached hydrogens (tertiary/aromatic N) is 1. The summed E-state index contributed by atoms with van der Waals surface area (Å²) in [4.78, 5) is 36.3. The molecule has 0 fully saturated rings. The summed E-state index contributed by atoms with van der Waals surface area (Å²) in [5.41, 5.74) is 0.798. The molecular weight excluding hydrogens is 394 g/mol. The van der Waals surface area contributed by atoms with Crippen molar-refractivity contribution in [2.75, 3.05) is 6.54 Å². The summed E-state index contributed by atoms with van der Waals surface area (Å²) in [5, 5.41) is 18.2. The van der Waals surface area contributed by atoms with Crippen LogP contribution in [0.2, 0.25) is 0 Å². The molecule has 0 aliphatic heterocycles. The van der Waals surface area contributed by atoms with Gasteiger partial charge in [-0.25, -0.2) is 0 Å². The molecule has 0 aliphatic carbocycles. The first-order valence-electron chi connectivity index (χ1n) is 10.0. The van der Waals surface area contributed by atoms with Crippen molar-refractivity contribution in [1.29, 1.82) is 0 Å². The van der Waals surface area contributed by atoms with Gasteiger partial charge in [0, 0.05) is 24.2 Å². The predicted molar refractivity (Wildman–Crippen MR) is 120 cm³/mol. The van der Waals surface area contributed by atoms with E-state index in [4.69, 9.17) is 0 Å². The molecule has 2 N–H and O–H groups in total. The Morgan fingerprint density at radius 3 is 2.55 bits per heavy atom. The quantitative estimate of drug-likeness (QED) is 0.245. The van der Waals surface area contributed by atoms with E-state index in [0.29, 0.717) is 17.7 Å². The molecule has 0 spiro atoms. The minimum absolute atomic E-state index is 0.0227. The molecule has 0 heterocycles. The zero-order valence-electron chi connectivity index (χ0n) is 17.1. The van der Waals surface area contributed by atoms with Gasteiger partial charge in [-0.05, 0) is 34.9 Å². The van der Waals surface area contributed by atoms with Crippen molar-refractivity contribution in [2.24, 2.45) is 0 Å². The molecule has 0 bridgehead atoms. The number of rotatable bonds is 8. The van der Waals surface area contributed by atoms with Crippen LogP contribution in [0.4, 0.5) is 5.69 Å². The molecule has 0 saturated heterocycles. The van der Waals surface area contributed by atoms with E-state index in [1.165, 1.54) is 24.3 Å². The SMILES string of the molecule is CCCCNC(=O)C(=Cc1cccc([N+](=O)[O-])c1)NC(=O)c1cccc2ccccc12. The first kappa shape index (κ1) is 21.7. The fraction of sp³-hybridized carbons (Fsp3) is 0.167. The van der Waals surface area contributed by atoms with E-state index >= 15 is 0 Å². The van der Waals surface area contributed by atoms with Gasteiger partial charge in [-0.1, -0.05) is 61.9 Å². The average Bonchev–Trinajstić information content (AvgIpc) is 2.78. The van der Waals surface area contributed by atoms with Crippen LogP contribution in [0, 0.1) is 10.1 Å². The number of amides is 2. The van der Waals surface area contributed by atoms with Crippen LogP contribution in [-0.2, 0) is 4.79 Å². The van der Waals surface area contributed by atoms with Crippen LogP contribution in [0.25, 0.3) is 16.8 Å². The summed E-state index contributed by atoms with van der Waals surface area (Å²) >= 11 is 0. The van der Waals surface area contributed by atoms with Gasteiger partial charge in [0.2, 0.25) is 0 Å². The van der Waals surface area contributed by atoms with E-state index in [2.05, 4.69) is 10.6 Å². The Balaban J connectivity index is 1.94. The highest BCUT2D eigenvalue weighted by atomic mass is 16.6. The largest absolute Gasteiger partial charge is 0.351 e. The van der Waals surface area contributed by atoms with E-state index in [0.717, 1.165) is 23.6 Å². The molecule has 3 aromatic carbocycles. The lowest BCUT2D eigenvalue weighted by Gasteiger charge is -2.12. The van der Waals surface area contributed by atoms with Crippen LogP contribution >= 0.6 is 0 Å². The highest BCUT2D eigenvalue weighted by Gasteiger charge is 2.16. The molecule has 7 heteroatoms. The predicted octanol–water partition coefficient (Wildman–Crippen LogP) is 4.44. The number of hydrogen-bond acceptors (Lipinski definition) is 4. The van der Waals surface area contributed by atoms with Gasteiger partial charge in [0.25, 0.3) is 17.5 Å². The minimum atomic E-state index is -0.507. The molecule has 0 aromatic heterocycles. The second-order valence-electron chi connectivity index (χ2n) is 7.00. The fourth-order valence-electron chi connectivity index (χ4n) is 3.14. The van der Waals surface area contributed by atoms with Gasteiger partial charge >= 0.3 is 0 Å². The summed E-state index contributed by atoms with van der Waals surface area (Å²) < 4.78 is 0. The van der Waals surface area contributed by atoms with Crippen molar-refractivity contribution in [1.82, 2.24) is 10.6 Å². The summed E-state index contributed by atoms with van der Waals surface area (Å²) in [6.07, 6.45) is 3.15. The summed E-state index contributed by atoms with van der Waals surface area (Å²) in [5.74, 6) is -0.882. The lowest BCUT2D eigenvalue weighted by Crippen LogP contribution is -2.35. The molecule has 3 rings (SSSR count). The highest BCUT2D eigenvalue weighted by molar-refractivity contribution is 6.11. The van der Waals surface area contributed by atoms with Gasteiger partial charge in [-0.15, -0.1) is 0 Å². The van der Waals surface area contributed by atoms with E-state index in [1.54, 1.807) is 18.2 Å². The van der Waals surface area contributed by atoms with Gasteiger partial charge in [0.1, 0.15) is 5.70 Å². The van der Waals surface area contributed by atoms with E-state index in [9.17, 15) is 19.7 Å². The van der Waals surface area contributed by atoms with Crippen molar-refractivity contribution >= 4 is 34.4 Å². The van der Waals surface area contributed by atoms with Crippen molar-refractivity contribution in [3.63, 3.8) is 0 Å². The molecule has 0 atom stereocenters. The van der Waals surface area contributed by atoms with Crippen LogP contribution in [-0.4, -0.2) is 23.3 Å². The standard InChI is InChI=1S/C24H23N3O4/c1-2-3-14-25-24(29)22(16-17-8-6-11-19(15-17)27(30)31)26-23(28)21-13-7-10-18-9-4-5-12-20(18)21/h4-13,15-16H,2-3,14H2,1H3,(H,25,29)(H,26,28). The van der Waals surface area contributed by atoms with Crippen LogP contribution in [0.3, 0.4) is 0 Å². The number of carbonyl (C=O) groups is 2. The average molecular weight is 417 g/mol. The van der Waals surface area contributed by atoms with Crippen LogP contribution in [0.15, 0.2) is 72.4 Å². The van der Waals surface area contributed by atoms with Crippen molar-refractivity contribution in [3.05, 3.63) is 93.7 Å². The Morgan fingerprint density at radius 1 is 1.03 bits per heavy atom. The summed E-state index contributed by atoms with van der Waals surface area (Å²) in [6, 6.07) is 18.7. The zero-order valence-corrected chi connectivity index (χ0v) is 17.1. The van der Waals surface area contributed by atoms with E-state index < -0.39 is 16.7 Å². The molecule has 0 radical (unpaired) electrons. The number of nitro groups is 1. The van der Waals surface area contributed by atoms with Gasteiger partial charge in [-0.2, -0.15) is 0 Å². The molecule has 0 saturated carbocycles. The van der Waals surface area contributed by atoms with E-state index in [-0.39, 0.29) is 11.4 Å². The molecule has 2 amide bonds. The van der Waals surface area contributed by atoms with Crippen molar-refractivity contribution in [2.45, 2.75) is 19.8 Å². The maximum absolute atomic E-state index is 13.0. The molecule has 0 unspecified atom stereocenters. The molecule has 3 aromatic rings. The Bertz CT molecular complexity index is 1150. The number of benzene rings is 3. The third-order valence-corrected chi connectivity index (χ3v) is 4.74. The van der Waals surface area contributed by atoms with Crippen molar-refractivity contribution < 1.29 is 14.5 Å². The topological polar surface area (TPSA) is 101 Å². The number of nitrogens with one attached hydrogen (secondary N) is 2. The monoisotopic (exact) mass is 417 g/mol. The van der Waals surface area contributed by atoms with Gasteiger partial charge in [0.05, 0.1) is 4.92 Å². The third-order valence-electron chi connectivity index (χ3n) is 4.74. The molecule has 0 aliphatic rings. The lowest BCUT2D eigenvalue weighted by atomic mass is 10.0. The Morgan fingerprint density at radius 2 is 1.77 bits per heavy atom. The Hall–Kier alpha value is -4.00. The smallest absolute Gasteiger partial charge is 0.270 e. The molecule has 31 heavy (non-hydrogen) atoms. The van der Waals surface area contributed by atoms with Crippen LogP contribution in [0.5, 0.6) is 0 Å². The molecule has 158 valence electrons. The number of fused-ring (bicyclic) bond motifs is 1. The maximum Gasteiger partial charge on any atom is 0.270 e. The number of hydrogen-bond donors (Lipinski definition) is 2. The Kier molecular flexibility index (Phi) is 7.11. The van der Waals surface area contributed by atoms with Crippen LogP contribution < -0.4 is 10.6 Å². The number of non-ortho nitro benzene ring substituents is 1. The fourth-order valence-corrected chi connectivity index (χ4v) is 3.14. The normalized spacial score (nSPS) is 11.2. The highest BCUT2D eigenvalue weighted by Crippen LogP contribution is 2.19. The third kappa shape index (κ3) is 5.54. The summed E-state index contributed by atoms with van der Waals surface area (Å²) in [6.45, 7) is 2.47. The minimum Gasteiger partial charge on any atom is -0.351 e. The molecular formula is C24H23N3O4. The van der Waals surface area contributed by atoms with Crippen molar-refractivity contribution in [3.8, 4) is 0 Å². The van der Waals surface area contributed by atoms with Gasteiger partial charge in [-0.3, -0.25) is 19.7 Å². The van der Waals surface area contributed by atoms with Crippen LogP contribution in [0.1, 0.15) is 35.7 Å². The second kappa shape index (κ2) is 10.2. The number of carbonyl (C=O) groups excluding carboxylic acids is 2. The number of nitro benzene ring substituents is 1. The van der Waals surface area contributed by atoms with Gasteiger partial charge in [0.15, 0.2) is 0 Å². The van der Waals surface area contributed by atoms with Gasteiger partial charge < -0.3 is 10.6 Å². The Labute approximate surface area is 179 Å². The molecule has 7 nitrogen and oxygen atoms in total. The zero-order chi connectivity index (χ0) is 22.2. The number of unbranched alkanes of at least 4 members (excludes halogenated alkanes) is 1. The first-order valence-corrected chi connectivity index (χ1v) is 10.0. The lowest BCUT2D eigenvalue weighted by molar-refractivity contribution is -0.384. The maximum atomic E-state index is 13.0. The second-order valence-corrected chi connectivity index (χ2v) is 7.00. The first-order chi connectivity index (χ1) is 15.0. The summed E-state index contributed by atoms with van der Waals surface area (Å²) in [7, 11) is 0. The van der Waals surface area contributed by atoms with E-state index in [1.807, 2.05) is 37.3 Å².